The van der Waals surface area contributed by atoms with Crippen LogP contribution in [0.4, 0.5) is 11.4 Å². The van der Waals surface area contributed by atoms with Crippen LogP contribution in [0.5, 0.6) is 5.75 Å². The molecular weight excluding hydrogens is 164 g/mol. The molecule has 0 atom stereocenters. The fourth-order valence-electron chi connectivity index (χ4n) is 1.30. The number of benzene rings is 1. The van der Waals surface area contributed by atoms with E-state index in [1.54, 1.807) is 0 Å². The van der Waals surface area contributed by atoms with Crippen molar-refractivity contribution in [3.05, 3.63) is 30.5 Å². The SMILES string of the molecule is C=C1COc2ccc(NC)cc2N1.[HH].[HH]. The third-order valence-electron chi connectivity index (χ3n) is 1.98. The molecule has 1 aromatic carbocycles. The molecular formula is C10H16N2O. The standard InChI is InChI=1S/C10H12N2O.2H2/c1-7-6-13-10-4-3-8(11-2)5-9(10)12-7;;/h3-5,11-12H,1,6H2,2H3;2*1H. The molecule has 3 heteroatoms. The van der Waals surface area contributed by atoms with Gasteiger partial charge in [-0.25, -0.2) is 0 Å². The van der Waals surface area contributed by atoms with Crippen LogP contribution in [0.1, 0.15) is 2.85 Å². The summed E-state index contributed by atoms with van der Waals surface area (Å²) < 4.78 is 5.45. The van der Waals surface area contributed by atoms with Crippen molar-refractivity contribution >= 4 is 11.4 Å². The van der Waals surface area contributed by atoms with Crippen molar-refractivity contribution < 1.29 is 7.59 Å². The summed E-state index contributed by atoms with van der Waals surface area (Å²) in [7, 11) is 1.89. The zero-order chi connectivity index (χ0) is 9.26. The third-order valence-corrected chi connectivity index (χ3v) is 1.98. The molecule has 0 radical (unpaired) electrons. The number of fused-ring (bicyclic) bond motifs is 1. The van der Waals surface area contributed by atoms with Gasteiger partial charge < -0.3 is 15.4 Å². The quantitative estimate of drug-likeness (QED) is 0.696. The second-order valence-electron chi connectivity index (χ2n) is 2.98. The fraction of sp³-hybridized carbons (Fsp3) is 0.200. The minimum atomic E-state index is 0. The summed E-state index contributed by atoms with van der Waals surface area (Å²) in [4.78, 5) is 0. The number of nitrogens with one attached hydrogen (secondary N) is 2. The second kappa shape index (κ2) is 3.01. The minimum absolute atomic E-state index is 0. The van der Waals surface area contributed by atoms with Gasteiger partial charge in [-0.05, 0) is 18.2 Å². The normalized spacial score (nSPS) is 14.1. The maximum Gasteiger partial charge on any atom is 0.143 e. The van der Waals surface area contributed by atoms with Gasteiger partial charge in [0.1, 0.15) is 12.4 Å². The lowest BCUT2D eigenvalue weighted by Crippen LogP contribution is -2.15. The van der Waals surface area contributed by atoms with Crippen LogP contribution in [-0.2, 0) is 0 Å². The highest BCUT2D eigenvalue weighted by Gasteiger charge is 2.11. The lowest BCUT2D eigenvalue weighted by Gasteiger charge is -2.21. The Morgan fingerprint density at radius 3 is 3.23 bits per heavy atom. The van der Waals surface area contributed by atoms with Crippen LogP contribution >= 0.6 is 0 Å². The van der Waals surface area contributed by atoms with E-state index in [0.717, 1.165) is 22.8 Å². The molecule has 72 valence electrons. The second-order valence-corrected chi connectivity index (χ2v) is 2.98. The number of anilines is 2. The summed E-state index contributed by atoms with van der Waals surface area (Å²) in [5.74, 6) is 0.881. The van der Waals surface area contributed by atoms with E-state index in [1.165, 1.54) is 0 Å². The Morgan fingerprint density at radius 2 is 2.46 bits per heavy atom. The molecule has 0 aromatic heterocycles. The lowest BCUT2D eigenvalue weighted by atomic mass is 10.2. The number of rotatable bonds is 1. The molecule has 0 unspecified atom stereocenters. The van der Waals surface area contributed by atoms with Crippen LogP contribution in [0.3, 0.4) is 0 Å². The monoisotopic (exact) mass is 180 g/mol. The van der Waals surface area contributed by atoms with Gasteiger partial charge in [0.05, 0.1) is 5.69 Å². The molecule has 0 saturated carbocycles. The minimum Gasteiger partial charge on any atom is -0.485 e. The lowest BCUT2D eigenvalue weighted by molar-refractivity contribution is 0.346. The van der Waals surface area contributed by atoms with Gasteiger partial charge in [0.25, 0.3) is 0 Å². The Hall–Kier alpha value is -1.64. The van der Waals surface area contributed by atoms with Gasteiger partial charge >= 0.3 is 0 Å². The molecule has 1 aliphatic heterocycles. The Labute approximate surface area is 80.4 Å². The molecule has 0 fully saturated rings. The van der Waals surface area contributed by atoms with Gasteiger partial charge in [0, 0.05) is 21.3 Å². The highest BCUT2D eigenvalue weighted by Crippen LogP contribution is 2.31. The average Bonchev–Trinajstić information content (AvgIpc) is 2.16. The molecule has 1 aromatic rings. The summed E-state index contributed by atoms with van der Waals surface area (Å²) in [5, 5.41) is 6.24. The molecule has 2 rings (SSSR count). The van der Waals surface area contributed by atoms with Crippen molar-refractivity contribution in [1.82, 2.24) is 0 Å². The molecule has 1 heterocycles. The zero-order valence-electron chi connectivity index (χ0n) is 7.55. The molecule has 0 bridgehead atoms. The highest BCUT2D eigenvalue weighted by molar-refractivity contribution is 5.67. The summed E-state index contributed by atoms with van der Waals surface area (Å²) in [6, 6.07) is 5.93. The molecule has 0 spiro atoms. The van der Waals surface area contributed by atoms with Gasteiger partial charge in [0.15, 0.2) is 0 Å². The summed E-state index contributed by atoms with van der Waals surface area (Å²) in [6.45, 7) is 4.36. The maximum atomic E-state index is 5.45. The number of ether oxygens (including phenoxy) is 1. The molecule has 2 N–H and O–H groups in total. The average molecular weight is 180 g/mol. The Balaban J connectivity index is 0.000000980. The van der Waals surface area contributed by atoms with Crippen molar-refractivity contribution in [2.24, 2.45) is 0 Å². The van der Waals surface area contributed by atoms with Crippen LogP contribution in [0.2, 0.25) is 0 Å². The molecule has 0 aliphatic carbocycles. The summed E-state index contributed by atoms with van der Waals surface area (Å²) in [6.07, 6.45) is 0. The van der Waals surface area contributed by atoms with Crippen LogP contribution in [0.25, 0.3) is 0 Å². The predicted molar refractivity (Wildman–Crippen MR) is 58.5 cm³/mol. The molecule has 0 amide bonds. The molecule has 3 nitrogen and oxygen atoms in total. The highest BCUT2D eigenvalue weighted by atomic mass is 16.5. The predicted octanol–water partition coefficient (Wildman–Crippen LogP) is 2.54. The van der Waals surface area contributed by atoms with Crippen molar-refractivity contribution in [3.8, 4) is 5.75 Å². The Morgan fingerprint density at radius 1 is 1.62 bits per heavy atom. The van der Waals surface area contributed by atoms with Crippen molar-refractivity contribution in [1.29, 1.82) is 0 Å². The van der Waals surface area contributed by atoms with E-state index < -0.39 is 0 Å². The molecule has 0 saturated heterocycles. The van der Waals surface area contributed by atoms with E-state index in [2.05, 4.69) is 17.2 Å². The van der Waals surface area contributed by atoms with Gasteiger partial charge in [-0.1, -0.05) is 6.58 Å². The van der Waals surface area contributed by atoms with Crippen LogP contribution in [0, 0.1) is 0 Å². The first-order chi connectivity index (χ1) is 6.29. The fourth-order valence-corrected chi connectivity index (χ4v) is 1.30. The van der Waals surface area contributed by atoms with E-state index in [9.17, 15) is 0 Å². The zero-order valence-corrected chi connectivity index (χ0v) is 7.55. The molecule has 13 heavy (non-hydrogen) atoms. The van der Waals surface area contributed by atoms with Gasteiger partial charge in [-0.3, -0.25) is 0 Å². The van der Waals surface area contributed by atoms with E-state index in [-0.39, 0.29) is 2.85 Å². The molecule has 1 aliphatic rings. The van der Waals surface area contributed by atoms with Crippen LogP contribution < -0.4 is 15.4 Å². The van der Waals surface area contributed by atoms with E-state index in [0.29, 0.717) is 6.61 Å². The topological polar surface area (TPSA) is 33.3 Å². The summed E-state index contributed by atoms with van der Waals surface area (Å²) in [5.41, 5.74) is 2.92. The van der Waals surface area contributed by atoms with E-state index in [4.69, 9.17) is 4.74 Å². The smallest absolute Gasteiger partial charge is 0.143 e. The first kappa shape index (κ1) is 7.98. The number of hydrogen-bond acceptors (Lipinski definition) is 3. The van der Waals surface area contributed by atoms with Crippen LogP contribution in [-0.4, -0.2) is 13.7 Å². The van der Waals surface area contributed by atoms with Crippen molar-refractivity contribution in [2.45, 2.75) is 0 Å². The first-order valence-corrected chi connectivity index (χ1v) is 4.19. The first-order valence-electron chi connectivity index (χ1n) is 4.19. The van der Waals surface area contributed by atoms with Gasteiger partial charge in [0.2, 0.25) is 0 Å². The third kappa shape index (κ3) is 1.45. The largest absolute Gasteiger partial charge is 0.485 e. The maximum absolute atomic E-state index is 5.45. The Kier molecular flexibility index (Phi) is 1.85. The van der Waals surface area contributed by atoms with E-state index >= 15 is 0 Å². The van der Waals surface area contributed by atoms with Crippen molar-refractivity contribution in [3.63, 3.8) is 0 Å². The van der Waals surface area contributed by atoms with Gasteiger partial charge in [-0.15, -0.1) is 0 Å². The van der Waals surface area contributed by atoms with Crippen LogP contribution in [0.15, 0.2) is 30.5 Å². The van der Waals surface area contributed by atoms with E-state index in [1.807, 2.05) is 25.2 Å². The summed E-state index contributed by atoms with van der Waals surface area (Å²) >= 11 is 0. The Bertz CT molecular complexity index is 355. The number of hydrogen-bond donors (Lipinski definition) is 2. The van der Waals surface area contributed by atoms with Gasteiger partial charge in [-0.2, -0.15) is 0 Å². The van der Waals surface area contributed by atoms with Crippen molar-refractivity contribution in [2.75, 3.05) is 24.3 Å².